The predicted octanol–water partition coefficient (Wildman–Crippen LogP) is 3.80. The van der Waals surface area contributed by atoms with Gasteiger partial charge in [-0.05, 0) is 35.9 Å². The van der Waals surface area contributed by atoms with Crippen molar-refractivity contribution in [2.45, 2.75) is 11.3 Å². The third-order valence-corrected chi connectivity index (χ3v) is 4.69. The van der Waals surface area contributed by atoms with E-state index in [9.17, 15) is 9.11 Å². The van der Waals surface area contributed by atoms with E-state index in [1.807, 2.05) is 18.2 Å². The Morgan fingerprint density at radius 2 is 1.90 bits per heavy atom. The summed E-state index contributed by atoms with van der Waals surface area (Å²) in [5.41, 5.74) is 1.93. The Kier molecular flexibility index (Phi) is 3.48. The lowest BCUT2D eigenvalue weighted by Crippen LogP contribution is -2.03. The normalized spacial score (nSPS) is 16.7. The van der Waals surface area contributed by atoms with Gasteiger partial charge in [0.1, 0.15) is 5.75 Å². The van der Waals surface area contributed by atoms with E-state index in [0.717, 1.165) is 17.5 Å². The molecule has 0 saturated heterocycles. The van der Waals surface area contributed by atoms with Crippen LogP contribution in [0.3, 0.4) is 0 Å². The fraction of sp³-hybridized carbons (Fsp3) is 0.133. The van der Waals surface area contributed by atoms with Crippen molar-refractivity contribution in [2.75, 3.05) is 6.61 Å². The molecule has 1 aliphatic rings. The second kappa shape index (κ2) is 5.28. The summed E-state index contributed by atoms with van der Waals surface area (Å²) >= 11 is 0. The zero-order chi connectivity index (χ0) is 14.0. The highest BCUT2D eigenvalue weighted by Crippen LogP contribution is 2.57. The lowest BCUT2D eigenvalue weighted by atomic mass is 10.2. The zero-order valence-electron chi connectivity index (χ0n) is 10.8. The molecule has 0 bridgehead atoms. The predicted molar refractivity (Wildman–Crippen MR) is 80.0 cm³/mol. The molecule has 2 aromatic rings. The van der Waals surface area contributed by atoms with Crippen molar-refractivity contribution < 1.29 is 13.8 Å². The average Bonchev–Trinajstić information content (AvgIpc) is 2.77. The van der Waals surface area contributed by atoms with Crippen LogP contribution in [-0.2, 0) is 6.42 Å². The SMILES string of the molecule is OS1(O)C=Cc2c(OCCc3ccncc3)cccc21. The van der Waals surface area contributed by atoms with Crippen LogP contribution in [0.2, 0.25) is 0 Å². The van der Waals surface area contributed by atoms with Gasteiger partial charge in [0, 0.05) is 29.8 Å². The van der Waals surface area contributed by atoms with Crippen molar-refractivity contribution in [2.24, 2.45) is 0 Å². The highest BCUT2D eigenvalue weighted by atomic mass is 32.3. The van der Waals surface area contributed by atoms with Gasteiger partial charge in [0.25, 0.3) is 0 Å². The molecule has 0 spiro atoms. The molecule has 2 heterocycles. The van der Waals surface area contributed by atoms with Gasteiger partial charge in [-0.1, -0.05) is 6.07 Å². The molecule has 1 aliphatic heterocycles. The number of rotatable bonds is 4. The summed E-state index contributed by atoms with van der Waals surface area (Å²) in [5, 5.41) is 1.44. The van der Waals surface area contributed by atoms with Crippen molar-refractivity contribution in [1.29, 1.82) is 0 Å². The van der Waals surface area contributed by atoms with Crippen LogP contribution in [-0.4, -0.2) is 20.7 Å². The molecule has 0 radical (unpaired) electrons. The first-order valence-electron chi connectivity index (χ1n) is 6.28. The summed E-state index contributed by atoms with van der Waals surface area (Å²) < 4.78 is 25.5. The Balaban J connectivity index is 1.71. The minimum atomic E-state index is -2.77. The van der Waals surface area contributed by atoms with E-state index in [-0.39, 0.29) is 0 Å². The highest BCUT2D eigenvalue weighted by Gasteiger charge is 2.23. The van der Waals surface area contributed by atoms with Crippen LogP contribution in [0.15, 0.2) is 53.0 Å². The number of pyridine rings is 1. The largest absolute Gasteiger partial charge is 0.493 e. The molecule has 1 aromatic heterocycles. The lowest BCUT2D eigenvalue weighted by Gasteiger charge is -2.25. The number of nitrogens with zero attached hydrogens (tertiary/aromatic N) is 1. The molecule has 0 saturated carbocycles. The van der Waals surface area contributed by atoms with Crippen LogP contribution in [0, 0.1) is 0 Å². The molecule has 2 N–H and O–H groups in total. The summed E-state index contributed by atoms with van der Waals surface area (Å²) in [6, 6.07) is 9.25. The van der Waals surface area contributed by atoms with Gasteiger partial charge in [-0.25, -0.2) is 0 Å². The van der Waals surface area contributed by atoms with Crippen molar-refractivity contribution in [3.05, 3.63) is 59.3 Å². The van der Waals surface area contributed by atoms with Crippen LogP contribution < -0.4 is 4.74 Å². The van der Waals surface area contributed by atoms with Crippen LogP contribution in [0.1, 0.15) is 11.1 Å². The summed E-state index contributed by atoms with van der Waals surface area (Å²) in [5.74, 6) is 0.685. The molecular weight excluding hydrogens is 274 g/mol. The summed E-state index contributed by atoms with van der Waals surface area (Å²) in [7, 11) is -2.77. The molecule has 0 aliphatic carbocycles. The molecule has 0 fully saturated rings. The lowest BCUT2D eigenvalue weighted by molar-refractivity contribution is 0.320. The van der Waals surface area contributed by atoms with E-state index in [2.05, 4.69) is 4.98 Å². The number of aromatic nitrogens is 1. The molecule has 1 aromatic carbocycles. The van der Waals surface area contributed by atoms with E-state index in [1.54, 1.807) is 30.6 Å². The summed E-state index contributed by atoms with van der Waals surface area (Å²) in [6.45, 7) is 0.535. The smallest absolute Gasteiger partial charge is 0.128 e. The van der Waals surface area contributed by atoms with Gasteiger partial charge in [-0.2, -0.15) is 0 Å². The van der Waals surface area contributed by atoms with Crippen molar-refractivity contribution in [3.63, 3.8) is 0 Å². The summed E-state index contributed by atoms with van der Waals surface area (Å²) in [4.78, 5) is 4.51. The second-order valence-electron chi connectivity index (χ2n) is 4.52. The molecule has 4 nitrogen and oxygen atoms in total. The number of hydrogen-bond acceptors (Lipinski definition) is 4. The van der Waals surface area contributed by atoms with Crippen molar-refractivity contribution >= 4 is 16.7 Å². The van der Waals surface area contributed by atoms with E-state index < -0.39 is 10.6 Å². The van der Waals surface area contributed by atoms with E-state index in [1.165, 1.54) is 5.41 Å². The van der Waals surface area contributed by atoms with Crippen molar-refractivity contribution in [3.8, 4) is 5.75 Å². The molecule has 20 heavy (non-hydrogen) atoms. The third kappa shape index (κ3) is 2.56. The summed E-state index contributed by atoms with van der Waals surface area (Å²) in [6.07, 6.45) is 6.01. The minimum Gasteiger partial charge on any atom is -0.493 e. The molecule has 5 heteroatoms. The number of fused-ring (bicyclic) bond motifs is 1. The van der Waals surface area contributed by atoms with Gasteiger partial charge in [-0.3, -0.25) is 14.1 Å². The third-order valence-electron chi connectivity index (χ3n) is 3.17. The molecule has 0 unspecified atom stereocenters. The fourth-order valence-electron chi connectivity index (χ4n) is 2.14. The Bertz CT molecular complexity index is 641. The van der Waals surface area contributed by atoms with Crippen LogP contribution in [0.4, 0.5) is 0 Å². The molecular formula is C15H15NO3S. The maximum absolute atomic E-state index is 9.86. The van der Waals surface area contributed by atoms with Gasteiger partial charge in [0.05, 0.1) is 11.5 Å². The highest BCUT2D eigenvalue weighted by molar-refractivity contribution is 8.27. The first kappa shape index (κ1) is 13.2. The van der Waals surface area contributed by atoms with E-state index in [0.29, 0.717) is 17.3 Å². The van der Waals surface area contributed by atoms with E-state index in [4.69, 9.17) is 4.74 Å². The number of ether oxygens (including phenoxy) is 1. The Hall–Kier alpha value is -1.82. The monoisotopic (exact) mass is 289 g/mol. The van der Waals surface area contributed by atoms with Gasteiger partial charge in [-0.15, -0.1) is 10.6 Å². The second-order valence-corrected chi connectivity index (χ2v) is 6.42. The first-order valence-corrected chi connectivity index (χ1v) is 7.89. The van der Waals surface area contributed by atoms with Crippen LogP contribution >= 0.6 is 10.6 Å². The Morgan fingerprint density at radius 1 is 1.10 bits per heavy atom. The molecule has 0 amide bonds. The Labute approximate surface area is 119 Å². The molecule has 3 rings (SSSR count). The van der Waals surface area contributed by atoms with Crippen molar-refractivity contribution in [1.82, 2.24) is 4.98 Å². The number of benzene rings is 1. The van der Waals surface area contributed by atoms with Gasteiger partial charge in [0.15, 0.2) is 0 Å². The zero-order valence-corrected chi connectivity index (χ0v) is 11.6. The van der Waals surface area contributed by atoms with Gasteiger partial charge >= 0.3 is 0 Å². The maximum atomic E-state index is 9.86. The standard InChI is InChI=1S/C15H15NO3S/c17-20(18)11-7-13-14(2-1-3-15(13)20)19-10-6-12-4-8-16-9-5-12/h1-5,7-9,11,17-18H,6,10H2. The minimum absolute atomic E-state index is 0.535. The maximum Gasteiger partial charge on any atom is 0.128 e. The van der Waals surface area contributed by atoms with Gasteiger partial charge < -0.3 is 4.74 Å². The quantitative estimate of drug-likeness (QED) is 0.898. The first-order chi connectivity index (χ1) is 9.67. The molecule has 104 valence electrons. The topological polar surface area (TPSA) is 62.6 Å². The van der Waals surface area contributed by atoms with Crippen LogP contribution in [0.25, 0.3) is 6.08 Å². The van der Waals surface area contributed by atoms with Crippen LogP contribution in [0.5, 0.6) is 5.75 Å². The fourth-order valence-corrected chi connectivity index (χ4v) is 3.38. The number of hydrogen-bond donors (Lipinski definition) is 2. The van der Waals surface area contributed by atoms with Gasteiger partial charge in [0.2, 0.25) is 0 Å². The molecule has 0 atom stereocenters. The Morgan fingerprint density at radius 3 is 2.70 bits per heavy atom. The van der Waals surface area contributed by atoms with E-state index >= 15 is 0 Å². The average molecular weight is 289 g/mol.